The molecule has 1 unspecified atom stereocenters. The maximum absolute atomic E-state index is 15.3. The third kappa shape index (κ3) is 6.39. The number of aliphatic hydroxyl groups excluding tert-OH is 1. The SMILES string of the molecule is CC(C)(C)OC(=O)Oc1cc2oc3cc(=O)c(F)cc-3c(-c3ccc(C(O)ON4C(=O)CCC4=O)cc3S(=O)(=O)[O-])c2cc1F. The topological polar surface area (TPSA) is 190 Å². The van der Waals surface area contributed by atoms with Crippen LogP contribution in [-0.4, -0.2) is 46.7 Å². The van der Waals surface area contributed by atoms with Crippen LogP contribution in [0.25, 0.3) is 33.4 Å². The minimum Gasteiger partial charge on any atom is -0.744 e. The molecule has 45 heavy (non-hydrogen) atoms. The van der Waals surface area contributed by atoms with Gasteiger partial charge in [-0.15, -0.1) is 0 Å². The first-order valence-corrected chi connectivity index (χ1v) is 14.4. The van der Waals surface area contributed by atoms with E-state index in [4.69, 9.17) is 18.7 Å². The molecule has 2 aromatic carbocycles. The third-order valence-corrected chi connectivity index (χ3v) is 7.33. The minimum atomic E-state index is -5.42. The summed E-state index contributed by atoms with van der Waals surface area (Å²) >= 11 is 0. The summed E-state index contributed by atoms with van der Waals surface area (Å²) in [5, 5.41) is 10.6. The number of fused-ring (bicyclic) bond motifs is 2. The fourth-order valence-electron chi connectivity index (χ4n) is 4.56. The van der Waals surface area contributed by atoms with Gasteiger partial charge < -0.3 is 23.6 Å². The summed E-state index contributed by atoms with van der Waals surface area (Å²) in [4.78, 5) is 52.1. The number of nitrogens with zero attached hydrogens (tertiary/aromatic N) is 1. The molecule has 1 N–H and O–H groups in total. The lowest BCUT2D eigenvalue weighted by Crippen LogP contribution is -2.31. The van der Waals surface area contributed by atoms with E-state index in [0.29, 0.717) is 17.2 Å². The fraction of sp³-hybridized carbons (Fsp3) is 0.241. The molecule has 3 aliphatic rings. The number of hydroxylamine groups is 2. The van der Waals surface area contributed by atoms with Gasteiger partial charge in [0, 0.05) is 52.6 Å². The van der Waals surface area contributed by atoms with Crippen molar-refractivity contribution in [3.8, 4) is 28.2 Å². The van der Waals surface area contributed by atoms with Crippen molar-refractivity contribution in [2.24, 2.45) is 0 Å². The molecule has 236 valence electrons. The highest BCUT2D eigenvalue weighted by atomic mass is 32.2. The Morgan fingerprint density at radius 2 is 1.67 bits per heavy atom. The molecule has 0 spiro atoms. The number of carbonyl (C=O) groups is 3. The minimum absolute atomic E-state index is 0.174. The Kier molecular flexibility index (Phi) is 7.95. The van der Waals surface area contributed by atoms with Gasteiger partial charge >= 0.3 is 6.16 Å². The van der Waals surface area contributed by atoms with Crippen molar-refractivity contribution in [3.05, 3.63) is 69.9 Å². The first-order valence-electron chi connectivity index (χ1n) is 13.0. The van der Waals surface area contributed by atoms with Gasteiger partial charge in [0.05, 0.1) is 4.90 Å². The third-order valence-electron chi connectivity index (χ3n) is 6.45. The Morgan fingerprint density at radius 1 is 1.00 bits per heavy atom. The predicted molar refractivity (Wildman–Crippen MR) is 146 cm³/mol. The summed E-state index contributed by atoms with van der Waals surface area (Å²) in [6, 6.07) is 5.92. The van der Waals surface area contributed by atoms with Crippen molar-refractivity contribution in [1.29, 1.82) is 0 Å². The van der Waals surface area contributed by atoms with Crippen molar-refractivity contribution >= 4 is 39.1 Å². The quantitative estimate of drug-likeness (QED) is 0.0788. The van der Waals surface area contributed by atoms with Crippen LogP contribution >= 0.6 is 0 Å². The maximum atomic E-state index is 15.3. The molecular weight excluding hydrogens is 624 g/mol. The average Bonchev–Trinajstić information content (AvgIpc) is 3.24. The Bertz CT molecular complexity index is 2020. The zero-order chi connectivity index (χ0) is 33.0. The van der Waals surface area contributed by atoms with Gasteiger partial charge in [0.1, 0.15) is 27.1 Å². The summed E-state index contributed by atoms with van der Waals surface area (Å²) < 4.78 is 83.1. The van der Waals surface area contributed by atoms with E-state index in [-0.39, 0.29) is 46.3 Å². The Hall–Kier alpha value is -4.77. The number of benzene rings is 3. The molecule has 0 saturated carbocycles. The van der Waals surface area contributed by atoms with E-state index >= 15 is 4.39 Å². The number of ether oxygens (including phenoxy) is 2. The summed E-state index contributed by atoms with van der Waals surface area (Å²) in [5.74, 6) is -4.95. The molecule has 2 amide bonds. The molecule has 5 rings (SSSR count). The van der Waals surface area contributed by atoms with E-state index in [0.717, 1.165) is 30.3 Å². The molecule has 1 atom stereocenters. The van der Waals surface area contributed by atoms with Crippen LogP contribution in [-0.2, 0) is 29.3 Å². The van der Waals surface area contributed by atoms with Crippen LogP contribution in [0.5, 0.6) is 5.75 Å². The van der Waals surface area contributed by atoms with Crippen molar-refractivity contribution < 1.29 is 60.0 Å². The fourth-order valence-corrected chi connectivity index (χ4v) is 5.28. The summed E-state index contributed by atoms with van der Waals surface area (Å²) in [6.45, 7) is 4.63. The highest BCUT2D eigenvalue weighted by Crippen LogP contribution is 2.44. The molecule has 13 nitrogen and oxygen atoms in total. The number of carbonyl (C=O) groups excluding carboxylic acids is 3. The van der Waals surface area contributed by atoms with Gasteiger partial charge in [-0.2, -0.15) is 5.06 Å². The van der Waals surface area contributed by atoms with Gasteiger partial charge in [-0.3, -0.25) is 14.4 Å². The Morgan fingerprint density at radius 3 is 2.29 bits per heavy atom. The standard InChI is InChI=1S/C29H23F2NO12S/c1-29(2,3)43-28(37)42-22-12-21-16(10-18(22)31)26(15-9-17(30)19(33)11-20(15)41-21)14-5-4-13(8-23(14)45(38,39)40)27(36)44-32-24(34)6-7-25(32)35/h4-5,8-12,27,36H,6-7H2,1-3H3,(H,38,39,40)/p-1. The summed E-state index contributed by atoms with van der Waals surface area (Å²) in [7, 11) is -5.42. The smallest absolute Gasteiger partial charge is 0.514 e. The van der Waals surface area contributed by atoms with Crippen molar-refractivity contribution in [2.75, 3.05) is 0 Å². The molecule has 0 bridgehead atoms. The van der Waals surface area contributed by atoms with Crippen LogP contribution in [0.3, 0.4) is 0 Å². The van der Waals surface area contributed by atoms with Gasteiger partial charge in [-0.25, -0.2) is 26.8 Å². The zero-order valence-corrected chi connectivity index (χ0v) is 24.4. The van der Waals surface area contributed by atoms with Crippen LogP contribution in [0.4, 0.5) is 13.6 Å². The van der Waals surface area contributed by atoms with E-state index in [2.05, 4.69) is 0 Å². The maximum Gasteiger partial charge on any atom is 0.514 e. The molecule has 0 aromatic heterocycles. The predicted octanol–water partition coefficient (Wildman–Crippen LogP) is 4.13. The molecule has 1 aliphatic carbocycles. The molecular formula is C29H22F2NO12S-. The normalized spacial score (nSPS) is 14.8. The number of hydrogen-bond donors (Lipinski definition) is 1. The second kappa shape index (κ2) is 11.3. The second-order valence-electron chi connectivity index (χ2n) is 10.9. The van der Waals surface area contributed by atoms with E-state index in [1.807, 2.05) is 0 Å². The zero-order valence-electron chi connectivity index (χ0n) is 23.6. The second-order valence-corrected chi connectivity index (χ2v) is 12.2. The van der Waals surface area contributed by atoms with Gasteiger partial charge in [-0.05, 0) is 39.0 Å². The van der Waals surface area contributed by atoms with Gasteiger partial charge in [0.2, 0.25) is 11.7 Å². The van der Waals surface area contributed by atoms with E-state index in [1.165, 1.54) is 0 Å². The van der Waals surface area contributed by atoms with Crippen LogP contribution in [0, 0.1) is 11.6 Å². The summed E-state index contributed by atoms with van der Waals surface area (Å²) in [6.07, 6.45) is -3.70. The number of imide groups is 1. The lowest BCUT2D eigenvalue weighted by atomic mass is 9.92. The van der Waals surface area contributed by atoms with E-state index < -0.39 is 73.3 Å². The molecule has 1 saturated heterocycles. The van der Waals surface area contributed by atoms with Gasteiger partial charge in [-0.1, -0.05) is 12.1 Å². The Balaban J connectivity index is 1.72. The van der Waals surface area contributed by atoms with Crippen LogP contribution < -0.4 is 10.2 Å². The van der Waals surface area contributed by atoms with Crippen LogP contribution in [0.15, 0.2) is 56.6 Å². The average molecular weight is 647 g/mol. The van der Waals surface area contributed by atoms with Crippen LogP contribution in [0.1, 0.15) is 45.5 Å². The monoisotopic (exact) mass is 646 g/mol. The van der Waals surface area contributed by atoms with Crippen molar-refractivity contribution in [2.45, 2.75) is 50.4 Å². The van der Waals surface area contributed by atoms with E-state index in [9.17, 15) is 41.6 Å². The van der Waals surface area contributed by atoms with Gasteiger partial charge in [0.15, 0.2) is 17.4 Å². The largest absolute Gasteiger partial charge is 0.744 e. The summed E-state index contributed by atoms with van der Waals surface area (Å²) in [5.41, 5.74) is -3.72. The van der Waals surface area contributed by atoms with Gasteiger partial charge in [0.25, 0.3) is 11.8 Å². The number of aliphatic hydroxyl groups is 1. The molecule has 2 aliphatic heterocycles. The number of halogens is 2. The Labute approximate surface area is 252 Å². The first kappa shape index (κ1) is 31.6. The highest BCUT2D eigenvalue weighted by molar-refractivity contribution is 7.85. The molecule has 16 heteroatoms. The number of amides is 2. The molecule has 1 fully saturated rings. The molecule has 2 heterocycles. The number of hydrogen-bond acceptors (Lipinski definition) is 12. The van der Waals surface area contributed by atoms with Crippen molar-refractivity contribution in [1.82, 2.24) is 5.06 Å². The van der Waals surface area contributed by atoms with E-state index in [1.54, 1.807) is 20.8 Å². The lowest BCUT2D eigenvalue weighted by molar-refractivity contribution is -0.247. The first-order chi connectivity index (χ1) is 20.9. The lowest BCUT2D eigenvalue weighted by Gasteiger charge is -2.22. The molecule has 2 aromatic rings. The number of rotatable bonds is 6. The highest BCUT2D eigenvalue weighted by Gasteiger charge is 2.33. The van der Waals surface area contributed by atoms with Crippen molar-refractivity contribution in [3.63, 3.8) is 0 Å². The van der Waals surface area contributed by atoms with Crippen LogP contribution in [0.2, 0.25) is 0 Å². The molecule has 0 radical (unpaired) electrons.